The standard InChI is InChI=1S/C20H16FN5O2S/c1-12-2-4-13(5-3-12)18-25-26-17(27)10-16(24-20(26)29-18)11-22-19(28)23-15-8-6-14(21)7-9-15/h2-10H,11H2,1H3,(H2,22,23,28). The zero-order valence-electron chi connectivity index (χ0n) is 15.3. The number of anilines is 1. The number of nitrogens with one attached hydrogen (secondary N) is 2. The number of amides is 2. The highest BCUT2D eigenvalue weighted by Crippen LogP contribution is 2.24. The summed E-state index contributed by atoms with van der Waals surface area (Å²) < 4.78 is 14.2. The Bertz CT molecular complexity index is 1230. The highest BCUT2D eigenvalue weighted by atomic mass is 32.1. The molecule has 0 saturated carbocycles. The molecule has 0 aliphatic heterocycles. The number of rotatable bonds is 4. The van der Waals surface area contributed by atoms with Gasteiger partial charge in [-0.05, 0) is 31.2 Å². The van der Waals surface area contributed by atoms with Crippen molar-refractivity contribution in [3.8, 4) is 10.6 Å². The third-order valence-corrected chi connectivity index (χ3v) is 5.09. The summed E-state index contributed by atoms with van der Waals surface area (Å²) in [5.74, 6) is -0.386. The SMILES string of the molecule is Cc1ccc(-c2nn3c(=O)cc(CNC(=O)Nc4ccc(F)cc4)nc3s2)cc1. The number of carbonyl (C=O) groups is 1. The molecule has 2 N–H and O–H groups in total. The van der Waals surface area contributed by atoms with E-state index in [0.717, 1.165) is 11.1 Å². The average Bonchev–Trinajstić information content (AvgIpc) is 3.13. The molecule has 29 heavy (non-hydrogen) atoms. The molecule has 0 atom stereocenters. The maximum Gasteiger partial charge on any atom is 0.319 e. The first-order valence-electron chi connectivity index (χ1n) is 8.75. The van der Waals surface area contributed by atoms with E-state index in [9.17, 15) is 14.0 Å². The number of urea groups is 1. The first-order valence-corrected chi connectivity index (χ1v) is 9.57. The fourth-order valence-corrected chi connectivity index (χ4v) is 3.57. The van der Waals surface area contributed by atoms with E-state index in [1.165, 1.54) is 46.2 Å². The molecule has 0 aliphatic rings. The van der Waals surface area contributed by atoms with Crippen LogP contribution in [0.4, 0.5) is 14.9 Å². The molecule has 0 fully saturated rings. The van der Waals surface area contributed by atoms with Crippen LogP contribution in [-0.2, 0) is 6.54 Å². The van der Waals surface area contributed by atoms with Gasteiger partial charge in [0.1, 0.15) is 10.8 Å². The zero-order chi connectivity index (χ0) is 20.4. The van der Waals surface area contributed by atoms with Gasteiger partial charge in [-0.3, -0.25) is 4.79 Å². The number of hydrogen-bond acceptors (Lipinski definition) is 5. The van der Waals surface area contributed by atoms with Crippen LogP contribution in [0.15, 0.2) is 59.4 Å². The van der Waals surface area contributed by atoms with Crippen molar-refractivity contribution in [1.82, 2.24) is 19.9 Å². The largest absolute Gasteiger partial charge is 0.332 e. The van der Waals surface area contributed by atoms with E-state index in [1.807, 2.05) is 31.2 Å². The van der Waals surface area contributed by atoms with Crippen LogP contribution in [0, 0.1) is 12.7 Å². The minimum Gasteiger partial charge on any atom is -0.332 e. The van der Waals surface area contributed by atoms with Gasteiger partial charge in [0.05, 0.1) is 12.2 Å². The lowest BCUT2D eigenvalue weighted by molar-refractivity contribution is 0.251. The van der Waals surface area contributed by atoms with Gasteiger partial charge in [0.2, 0.25) is 4.96 Å². The van der Waals surface area contributed by atoms with Crippen LogP contribution < -0.4 is 16.2 Å². The molecular weight excluding hydrogens is 393 g/mol. The molecule has 0 bridgehead atoms. The van der Waals surface area contributed by atoms with Crippen LogP contribution in [0.2, 0.25) is 0 Å². The fraction of sp³-hybridized carbons (Fsp3) is 0.100. The van der Waals surface area contributed by atoms with Gasteiger partial charge in [-0.25, -0.2) is 14.2 Å². The summed E-state index contributed by atoms with van der Waals surface area (Å²) in [5, 5.41) is 10.2. The van der Waals surface area contributed by atoms with Crippen LogP contribution in [0.1, 0.15) is 11.3 Å². The molecule has 0 unspecified atom stereocenters. The highest BCUT2D eigenvalue weighted by molar-refractivity contribution is 7.19. The van der Waals surface area contributed by atoms with E-state index in [4.69, 9.17) is 0 Å². The Morgan fingerprint density at radius 3 is 2.59 bits per heavy atom. The molecule has 4 aromatic rings. The molecule has 4 rings (SSSR count). The maximum absolute atomic E-state index is 12.9. The number of fused-ring (bicyclic) bond motifs is 1. The van der Waals surface area contributed by atoms with Crippen LogP contribution in [0.25, 0.3) is 15.5 Å². The molecular formula is C20H16FN5O2S. The molecule has 0 radical (unpaired) electrons. The van der Waals surface area contributed by atoms with Crippen molar-refractivity contribution in [3.05, 3.63) is 82.0 Å². The van der Waals surface area contributed by atoms with Crippen molar-refractivity contribution in [2.75, 3.05) is 5.32 Å². The molecule has 0 saturated heterocycles. The normalized spacial score (nSPS) is 10.8. The van der Waals surface area contributed by atoms with Gasteiger partial charge in [-0.1, -0.05) is 41.2 Å². The first-order chi connectivity index (χ1) is 14.0. The lowest BCUT2D eigenvalue weighted by Gasteiger charge is -2.07. The molecule has 9 heteroatoms. The van der Waals surface area contributed by atoms with Crippen molar-refractivity contribution in [2.45, 2.75) is 13.5 Å². The summed E-state index contributed by atoms with van der Waals surface area (Å²) in [6, 6.07) is 14.1. The average molecular weight is 409 g/mol. The zero-order valence-corrected chi connectivity index (χ0v) is 16.2. The van der Waals surface area contributed by atoms with E-state index in [1.54, 1.807) is 0 Å². The number of carbonyl (C=O) groups excluding carboxylic acids is 1. The Balaban J connectivity index is 1.49. The summed E-state index contributed by atoms with van der Waals surface area (Å²) in [6.45, 7) is 2.07. The van der Waals surface area contributed by atoms with Crippen molar-refractivity contribution in [2.24, 2.45) is 0 Å². The van der Waals surface area contributed by atoms with Crippen molar-refractivity contribution in [1.29, 1.82) is 0 Å². The van der Waals surface area contributed by atoms with Crippen LogP contribution in [0.3, 0.4) is 0 Å². The van der Waals surface area contributed by atoms with Gasteiger partial charge in [0.15, 0.2) is 0 Å². The minimum absolute atomic E-state index is 0.0660. The smallest absolute Gasteiger partial charge is 0.319 e. The molecule has 2 heterocycles. The molecule has 146 valence electrons. The highest BCUT2D eigenvalue weighted by Gasteiger charge is 2.11. The van der Waals surface area contributed by atoms with E-state index in [-0.39, 0.29) is 17.9 Å². The van der Waals surface area contributed by atoms with Gasteiger partial charge >= 0.3 is 6.03 Å². The van der Waals surface area contributed by atoms with Gasteiger partial charge in [0, 0.05) is 17.3 Å². The predicted octanol–water partition coefficient (Wildman–Crippen LogP) is 3.59. The predicted molar refractivity (Wildman–Crippen MR) is 110 cm³/mol. The third kappa shape index (κ3) is 4.30. The Morgan fingerprint density at radius 1 is 1.14 bits per heavy atom. The fourth-order valence-electron chi connectivity index (χ4n) is 2.64. The number of benzene rings is 2. The molecule has 0 spiro atoms. The second kappa shape index (κ2) is 7.80. The molecule has 0 aliphatic carbocycles. The van der Waals surface area contributed by atoms with Gasteiger partial charge in [-0.2, -0.15) is 9.61 Å². The number of hydrogen-bond donors (Lipinski definition) is 2. The maximum atomic E-state index is 12.9. The lowest BCUT2D eigenvalue weighted by atomic mass is 10.2. The second-order valence-corrected chi connectivity index (χ2v) is 7.32. The molecule has 2 amide bonds. The van der Waals surface area contributed by atoms with Crippen LogP contribution in [0.5, 0.6) is 0 Å². The Kier molecular flexibility index (Phi) is 5.05. The lowest BCUT2D eigenvalue weighted by Crippen LogP contribution is -2.29. The minimum atomic E-state index is -0.483. The van der Waals surface area contributed by atoms with Gasteiger partial charge in [0.25, 0.3) is 5.56 Å². The Labute approximate surface area is 168 Å². The third-order valence-electron chi connectivity index (χ3n) is 4.13. The topological polar surface area (TPSA) is 88.4 Å². The van der Waals surface area contributed by atoms with Crippen molar-refractivity contribution in [3.63, 3.8) is 0 Å². The van der Waals surface area contributed by atoms with E-state index >= 15 is 0 Å². The van der Waals surface area contributed by atoms with E-state index in [2.05, 4.69) is 20.7 Å². The number of aryl methyl sites for hydroxylation is 1. The van der Waals surface area contributed by atoms with E-state index < -0.39 is 6.03 Å². The Morgan fingerprint density at radius 2 is 1.86 bits per heavy atom. The summed E-state index contributed by atoms with van der Waals surface area (Å²) in [7, 11) is 0. The van der Waals surface area contributed by atoms with E-state index in [0.29, 0.717) is 21.3 Å². The monoisotopic (exact) mass is 409 g/mol. The number of halogens is 1. The first kappa shape index (κ1) is 18.8. The summed E-state index contributed by atoms with van der Waals surface area (Å²) in [4.78, 5) is 29.2. The number of nitrogens with zero attached hydrogens (tertiary/aromatic N) is 3. The van der Waals surface area contributed by atoms with Crippen molar-refractivity contribution < 1.29 is 9.18 Å². The quantitative estimate of drug-likeness (QED) is 0.539. The van der Waals surface area contributed by atoms with Crippen LogP contribution in [-0.4, -0.2) is 20.6 Å². The summed E-state index contributed by atoms with van der Waals surface area (Å²) in [5.41, 5.74) is 2.60. The van der Waals surface area contributed by atoms with Gasteiger partial charge < -0.3 is 10.6 Å². The van der Waals surface area contributed by atoms with Crippen molar-refractivity contribution >= 4 is 28.0 Å². The summed E-state index contributed by atoms with van der Waals surface area (Å²) in [6.07, 6.45) is 0. The second-order valence-electron chi connectivity index (χ2n) is 6.37. The number of aromatic nitrogens is 3. The summed E-state index contributed by atoms with van der Waals surface area (Å²) >= 11 is 1.30. The molecule has 7 nitrogen and oxygen atoms in total. The van der Waals surface area contributed by atoms with Crippen LogP contribution >= 0.6 is 11.3 Å². The Hall–Kier alpha value is -3.59. The molecule has 2 aromatic carbocycles. The molecule has 2 aromatic heterocycles. The van der Waals surface area contributed by atoms with Gasteiger partial charge in [-0.15, -0.1) is 0 Å².